The van der Waals surface area contributed by atoms with Gasteiger partial charge in [-0.1, -0.05) is 12.1 Å². The zero-order valence-corrected chi connectivity index (χ0v) is 16.5. The van der Waals surface area contributed by atoms with Gasteiger partial charge in [-0.2, -0.15) is 0 Å². The van der Waals surface area contributed by atoms with Crippen molar-refractivity contribution in [2.45, 2.75) is 19.5 Å². The molecule has 2 aromatic carbocycles. The zero-order chi connectivity index (χ0) is 20.8. The molecule has 2 N–H and O–H groups in total. The lowest BCUT2D eigenvalue weighted by Gasteiger charge is -2.13. The van der Waals surface area contributed by atoms with Gasteiger partial charge in [0.05, 0.1) is 19.2 Å². The second kappa shape index (κ2) is 9.29. The zero-order valence-electron chi connectivity index (χ0n) is 16.5. The summed E-state index contributed by atoms with van der Waals surface area (Å²) in [6.45, 7) is 2.68. The highest BCUT2D eigenvalue weighted by Crippen LogP contribution is 2.18. The van der Waals surface area contributed by atoms with Gasteiger partial charge in [0, 0.05) is 36.8 Å². The average Bonchev–Trinajstić information content (AvgIpc) is 2.71. The number of aromatic nitrogens is 2. The standard InChI is InChI=1S/C21H23FN4O3/c1-13(12-28-2)25-21-24-11-16-6-5-15(9-18(16)26-21)20(27)23-10-14-4-7-19(29-3)17(22)8-14/h4-9,11,13H,10,12H2,1-3H3,(H,23,27)(H,24,25,26). The molecule has 0 radical (unpaired) electrons. The van der Waals surface area contributed by atoms with Crippen LogP contribution in [-0.2, 0) is 11.3 Å². The molecule has 7 nitrogen and oxygen atoms in total. The van der Waals surface area contributed by atoms with E-state index < -0.39 is 5.82 Å². The second-order valence-electron chi connectivity index (χ2n) is 6.62. The van der Waals surface area contributed by atoms with Gasteiger partial charge in [-0.25, -0.2) is 14.4 Å². The molecule has 0 fully saturated rings. The Hall–Kier alpha value is -3.26. The summed E-state index contributed by atoms with van der Waals surface area (Å²) in [7, 11) is 3.03. The van der Waals surface area contributed by atoms with E-state index in [0.717, 1.165) is 5.39 Å². The van der Waals surface area contributed by atoms with E-state index in [4.69, 9.17) is 9.47 Å². The van der Waals surface area contributed by atoms with E-state index in [9.17, 15) is 9.18 Å². The monoisotopic (exact) mass is 398 g/mol. The van der Waals surface area contributed by atoms with Crippen LogP contribution < -0.4 is 15.4 Å². The number of amides is 1. The maximum Gasteiger partial charge on any atom is 0.251 e. The fourth-order valence-corrected chi connectivity index (χ4v) is 2.85. The van der Waals surface area contributed by atoms with Gasteiger partial charge < -0.3 is 20.1 Å². The first-order valence-electron chi connectivity index (χ1n) is 9.13. The molecule has 1 unspecified atom stereocenters. The highest BCUT2D eigenvalue weighted by atomic mass is 19.1. The molecule has 29 heavy (non-hydrogen) atoms. The van der Waals surface area contributed by atoms with E-state index in [1.807, 2.05) is 6.92 Å². The van der Waals surface area contributed by atoms with Crippen molar-refractivity contribution < 1.29 is 18.7 Å². The Balaban J connectivity index is 1.71. The Labute approximate surface area is 168 Å². The molecule has 1 heterocycles. The fourth-order valence-electron chi connectivity index (χ4n) is 2.85. The Morgan fingerprint density at radius 3 is 2.76 bits per heavy atom. The third-order valence-electron chi connectivity index (χ3n) is 4.31. The summed E-state index contributed by atoms with van der Waals surface area (Å²) in [6, 6.07) is 9.82. The number of nitrogens with one attached hydrogen (secondary N) is 2. The topological polar surface area (TPSA) is 85.4 Å². The first-order chi connectivity index (χ1) is 14.0. The van der Waals surface area contributed by atoms with Gasteiger partial charge in [0.1, 0.15) is 0 Å². The minimum Gasteiger partial charge on any atom is -0.494 e. The largest absolute Gasteiger partial charge is 0.494 e. The lowest BCUT2D eigenvalue weighted by molar-refractivity contribution is 0.0951. The second-order valence-corrected chi connectivity index (χ2v) is 6.62. The summed E-state index contributed by atoms with van der Waals surface area (Å²) in [5.41, 5.74) is 1.75. The molecular weight excluding hydrogens is 375 g/mol. The van der Waals surface area contributed by atoms with Crippen LogP contribution in [0.5, 0.6) is 5.75 Å². The van der Waals surface area contributed by atoms with Gasteiger partial charge >= 0.3 is 0 Å². The first kappa shape index (κ1) is 20.5. The average molecular weight is 398 g/mol. The number of nitrogens with zero attached hydrogens (tertiary/aromatic N) is 2. The number of anilines is 1. The van der Waals surface area contributed by atoms with Crippen LogP contribution in [0.2, 0.25) is 0 Å². The summed E-state index contributed by atoms with van der Waals surface area (Å²) in [6.07, 6.45) is 1.70. The molecule has 1 amide bonds. The summed E-state index contributed by atoms with van der Waals surface area (Å²) in [5, 5.41) is 6.76. The maximum atomic E-state index is 13.8. The summed E-state index contributed by atoms with van der Waals surface area (Å²) >= 11 is 0. The van der Waals surface area contributed by atoms with E-state index >= 15 is 0 Å². The minimum atomic E-state index is -0.468. The van der Waals surface area contributed by atoms with Crippen LogP contribution in [0.25, 0.3) is 10.9 Å². The predicted octanol–water partition coefficient (Wildman–Crippen LogP) is 3.15. The molecule has 0 aliphatic heterocycles. The molecule has 3 rings (SSSR count). The van der Waals surface area contributed by atoms with Crippen molar-refractivity contribution in [2.75, 3.05) is 26.1 Å². The number of benzene rings is 2. The van der Waals surface area contributed by atoms with Crippen LogP contribution in [0.3, 0.4) is 0 Å². The van der Waals surface area contributed by atoms with Gasteiger partial charge in [-0.05, 0) is 36.8 Å². The highest BCUT2D eigenvalue weighted by Gasteiger charge is 2.10. The minimum absolute atomic E-state index is 0.0498. The fraction of sp³-hybridized carbons (Fsp3) is 0.286. The molecule has 0 saturated heterocycles. The third-order valence-corrected chi connectivity index (χ3v) is 4.31. The molecule has 0 saturated carbocycles. The molecule has 152 valence electrons. The maximum absolute atomic E-state index is 13.8. The summed E-state index contributed by atoms with van der Waals surface area (Å²) in [5.74, 6) is -0.111. The van der Waals surface area contributed by atoms with Crippen LogP contribution in [0, 0.1) is 5.82 Å². The predicted molar refractivity (Wildman–Crippen MR) is 109 cm³/mol. The van der Waals surface area contributed by atoms with Crippen molar-refractivity contribution in [3.8, 4) is 5.75 Å². The normalized spacial score (nSPS) is 11.9. The van der Waals surface area contributed by atoms with E-state index in [2.05, 4.69) is 20.6 Å². The van der Waals surface area contributed by atoms with E-state index in [-0.39, 0.29) is 24.2 Å². The SMILES string of the molecule is COCC(C)Nc1ncc2ccc(C(=O)NCc3ccc(OC)c(F)c3)cc2n1. The van der Waals surface area contributed by atoms with Gasteiger partial charge in [0.15, 0.2) is 11.6 Å². The Bertz CT molecular complexity index is 1010. The molecule has 1 atom stereocenters. The highest BCUT2D eigenvalue weighted by molar-refractivity contribution is 5.97. The Morgan fingerprint density at radius 1 is 1.21 bits per heavy atom. The molecular formula is C21H23FN4O3. The molecule has 0 aliphatic carbocycles. The summed E-state index contributed by atoms with van der Waals surface area (Å²) < 4.78 is 23.8. The molecule has 0 aliphatic rings. The third kappa shape index (κ3) is 5.17. The Kier molecular flexibility index (Phi) is 6.56. The van der Waals surface area contributed by atoms with Gasteiger partial charge in [0.2, 0.25) is 5.95 Å². The van der Waals surface area contributed by atoms with Crippen LogP contribution in [0.4, 0.5) is 10.3 Å². The van der Waals surface area contributed by atoms with E-state index in [1.165, 1.54) is 19.2 Å². The quantitative estimate of drug-likeness (QED) is 0.606. The van der Waals surface area contributed by atoms with Crippen LogP contribution in [0.15, 0.2) is 42.6 Å². The smallest absolute Gasteiger partial charge is 0.251 e. The number of hydrogen-bond donors (Lipinski definition) is 2. The van der Waals surface area contributed by atoms with Crippen LogP contribution in [-0.4, -0.2) is 42.7 Å². The molecule has 1 aromatic heterocycles. The van der Waals surface area contributed by atoms with E-state index in [0.29, 0.717) is 29.2 Å². The number of fused-ring (bicyclic) bond motifs is 1. The molecule has 3 aromatic rings. The van der Waals surface area contributed by atoms with Gasteiger partial charge in [-0.3, -0.25) is 4.79 Å². The van der Waals surface area contributed by atoms with Crippen LogP contribution >= 0.6 is 0 Å². The van der Waals surface area contributed by atoms with Crippen molar-refractivity contribution >= 4 is 22.8 Å². The molecule has 0 bridgehead atoms. The van der Waals surface area contributed by atoms with Crippen LogP contribution in [0.1, 0.15) is 22.8 Å². The number of hydrogen-bond acceptors (Lipinski definition) is 6. The number of ether oxygens (including phenoxy) is 2. The number of rotatable bonds is 8. The van der Waals surface area contributed by atoms with Crippen molar-refractivity contribution in [2.24, 2.45) is 0 Å². The molecule has 0 spiro atoms. The lowest BCUT2D eigenvalue weighted by Crippen LogP contribution is -2.23. The lowest BCUT2D eigenvalue weighted by atomic mass is 10.1. The van der Waals surface area contributed by atoms with Gasteiger partial charge in [-0.15, -0.1) is 0 Å². The number of carbonyl (C=O) groups excluding carboxylic acids is 1. The summed E-state index contributed by atoms with van der Waals surface area (Å²) in [4.78, 5) is 21.3. The van der Waals surface area contributed by atoms with Crippen molar-refractivity contribution in [3.63, 3.8) is 0 Å². The Morgan fingerprint density at radius 2 is 2.03 bits per heavy atom. The number of methoxy groups -OCH3 is 2. The first-order valence-corrected chi connectivity index (χ1v) is 9.13. The van der Waals surface area contributed by atoms with E-state index in [1.54, 1.807) is 37.6 Å². The van der Waals surface area contributed by atoms with Crippen molar-refractivity contribution in [1.29, 1.82) is 0 Å². The number of halogens is 1. The number of carbonyl (C=O) groups is 1. The van der Waals surface area contributed by atoms with Gasteiger partial charge in [0.25, 0.3) is 5.91 Å². The van der Waals surface area contributed by atoms with Crippen molar-refractivity contribution in [1.82, 2.24) is 15.3 Å². The molecule has 8 heteroatoms. The van der Waals surface area contributed by atoms with Crippen molar-refractivity contribution in [3.05, 3.63) is 59.5 Å².